The van der Waals surface area contributed by atoms with E-state index < -0.39 is 0 Å². The summed E-state index contributed by atoms with van der Waals surface area (Å²) in [6.45, 7) is 7.74. The molecule has 142 valence electrons. The first-order valence-electron chi connectivity index (χ1n) is 9.03. The minimum absolute atomic E-state index is 0.173. The Labute approximate surface area is 150 Å². The number of carbonyl (C=O) groups is 1. The van der Waals surface area contributed by atoms with E-state index in [0.717, 1.165) is 63.5 Å². The zero-order valence-corrected chi connectivity index (χ0v) is 15.7. The van der Waals surface area contributed by atoms with Crippen LogP contribution in [0, 0.1) is 6.92 Å². The molecule has 7 heteroatoms. The minimum atomic E-state index is -0.173. The third-order valence-electron chi connectivity index (χ3n) is 3.62. The van der Waals surface area contributed by atoms with E-state index in [1.807, 2.05) is 6.92 Å². The summed E-state index contributed by atoms with van der Waals surface area (Å²) >= 11 is 0. The number of carbonyl (C=O) groups excluding carboxylic acids is 1. The second-order valence-corrected chi connectivity index (χ2v) is 5.79. The first-order valence-corrected chi connectivity index (χ1v) is 9.03. The molecule has 0 spiro atoms. The van der Waals surface area contributed by atoms with Crippen molar-refractivity contribution in [3.8, 4) is 0 Å². The summed E-state index contributed by atoms with van der Waals surface area (Å²) in [5.41, 5.74) is 0.846. The monoisotopic (exact) mass is 352 g/mol. The molecule has 25 heavy (non-hydrogen) atoms. The van der Waals surface area contributed by atoms with Crippen LogP contribution in [-0.2, 0) is 4.74 Å². The zero-order chi connectivity index (χ0) is 18.3. The molecule has 0 atom stereocenters. The molecule has 1 rings (SSSR count). The highest BCUT2D eigenvalue weighted by molar-refractivity contribution is 5.92. The smallest absolute Gasteiger partial charge is 0.287 e. The Morgan fingerprint density at radius 3 is 2.44 bits per heavy atom. The topological polar surface area (TPSA) is 87.9 Å². The van der Waals surface area contributed by atoms with E-state index in [0.29, 0.717) is 12.3 Å². The number of nitrogens with zero attached hydrogens (tertiary/aromatic N) is 1. The third-order valence-corrected chi connectivity index (χ3v) is 3.62. The van der Waals surface area contributed by atoms with E-state index >= 15 is 0 Å². The molecule has 0 fully saturated rings. The summed E-state index contributed by atoms with van der Waals surface area (Å²) in [5.74, 6) is 0.974. The molecular weight excluding hydrogens is 320 g/mol. The normalized spacial score (nSPS) is 11.4. The molecule has 0 bridgehead atoms. The van der Waals surface area contributed by atoms with Gasteiger partial charge in [-0.2, -0.15) is 0 Å². The van der Waals surface area contributed by atoms with E-state index in [1.165, 1.54) is 6.26 Å². The van der Waals surface area contributed by atoms with Gasteiger partial charge in [-0.25, -0.2) is 0 Å². The van der Waals surface area contributed by atoms with Crippen molar-refractivity contribution in [3.63, 3.8) is 0 Å². The van der Waals surface area contributed by atoms with Gasteiger partial charge < -0.3 is 25.1 Å². The molecule has 0 aromatic carbocycles. The number of furan rings is 1. The Balaban J connectivity index is 2.03. The number of hydrogen-bond acceptors (Lipinski definition) is 4. The van der Waals surface area contributed by atoms with Gasteiger partial charge in [0.25, 0.3) is 5.91 Å². The van der Waals surface area contributed by atoms with E-state index in [2.05, 4.69) is 27.9 Å². The zero-order valence-electron chi connectivity index (χ0n) is 15.7. The molecule has 1 aromatic heterocycles. The Hall–Kier alpha value is -2.02. The molecule has 1 aromatic rings. The maximum atomic E-state index is 11.9. The Morgan fingerprint density at radius 1 is 1.12 bits per heavy atom. The van der Waals surface area contributed by atoms with Crippen LogP contribution in [0.25, 0.3) is 0 Å². The van der Waals surface area contributed by atoms with Crippen molar-refractivity contribution in [1.29, 1.82) is 0 Å². The predicted molar refractivity (Wildman–Crippen MR) is 100 cm³/mol. The van der Waals surface area contributed by atoms with Crippen LogP contribution in [0.4, 0.5) is 0 Å². The van der Waals surface area contributed by atoms with Crippen LogP contribution in [0.1, 0.15) is 48.7 Å². The van der Waals surface area contributed by atoms with Crippen LogP contribution in [0.2, 0.25) is 0 Å². The maximum Gasteiger partial charge on any atom is 0.287 e. The van der Waals surface area contributed by atoms with E-state index in [-0.39, 0.29) is 5.91 Å². The van der Waals surface area contributed by atoms with Crippen molar-refractivity contribution in [3.05, 3.63) is 23.7 Å². The Bertz CT molecular complexity index is 514. The highest BCUT2D eigenvalue weighted by Crippen LogP contribution is 2.07. The minimum Gasteiger partial charge on any atom is -0.459 e. The lowest BCUT2D eigenvalue weighted by molar-refractivity contribution is 0.0925. The summed E-state index contributed by atoms with van der Waals surface area (Å²) < 4.78 is 10.7. The lowest BCUT2D eigenvalue weighted by Gasteiger charge is -2.12. The molecule has 0 unspecified atom stereocenters. The standard InChI is InChI=1S/C18H32N4O3/c1-4-5-12-24-13-7-11-22-18(19-3)21-10-6-9-20-17(23)16-15(2)8-14-25-16/h8,14H,4-7,9-13H2,1-3H3,(H,20,23)(H2,19,21,22). The fourth-order valence-corrected chi connectivity index (χ4v) is 2.13. The molecule has 1 heterocycles. The molecule has 0 aliphatic carbocycles. The number of hydrogen-bond donors (Lipinski definition) is 3. The average molecular weight is 352 g/mol. The second kappa shape index (κ2) is 13.3. The van der Waals surface area contributed by atoms with Gasteiger partial charge in [0.1, 0.15) is 0 Å². The number of aryl methyl sites for hydroxylation is 1. The summed E-state index contributed by atoms with van der Waals surface area (Å²) in [5, 5.41) is 9.31. The van der Waals surface area contributed by atoms with Gasteiger partial charge in [-0.3, -0.25) is 9.79 Å². The molecule has 0 radical (unpaired) electrons. The highest BCUT2D eigenvalue weighted by Gasteiger charge is 2.11. The number of nitrogens with one attached hydrogen (secondary N) is 3. The van der Waals surface area contributed by atoms with Crippen molar-refractivity contribution in [2.75, 3.05) is 39.9 Å². The third kappa shape index (κ3) is 9.14. The summed E-state index contributed by atoms with van der Waals surface area (Å²) in [6, 6.07) is 1.78. The molecule has 3 N–H and O–H groups in total. The van der Waals surface area contributed by atoms with Gasteiger partial charge in [-0.1, -0.05) is 13.3 Å². The van der Waals surface area contributed by atoms with E-state index in [4.69, 9.17) is 9.15 Å². The van der Waals surface area contributed by atoms with Crippen molar-refractivity contribution in [1.82, 2.24) is 16.0 Å². The predicted octanol–water partition coefficient (Wildman–Crippen LogP) is 2.08. The van der Waals surface area contributed by atoms with Gasteiger partial charge in [0.05, 0.1) is 6.26 Å². The number of rotatable bonds is 12. The van der Waals surface area contributed by atoms with Gasteiger partial charge >= 0.3 is 0 Å². The quantitative estimate of drug-likeness (QED) is 0.304. The second-order valence-electron chi connectivity index (χ2n) is 5.79. The van der Waals surface area contributed by atoms with Crippen LogP contribution in [-0.4, -0.2) is 51.8 Å². The molecule has 0 aliphatic heterocycles. The molecule has 7 nitrogen and oxygen atoms in total. The largest absolute Gasteiger partial charge is 0.459 e. The lowest BCUT2D eigenvalue weighted by Crippen LogP contribution is -2.39. The summed E-state index contributed by atoms with van der Waals surface area (Å²) in [7, 11) is 1.74. The Morgan fingerprint density at radius 2 is 1.80 bits per heavy atom. The first kappa shape index (κ1) is 21.0. The molecule has 1 amide bonds. The number of aliphatic imine (C=N–C) groups is 1. The fourth-order valence-electron chi connectivity index (χ4n) is 2.13. The summed E-state index contributed by atoms with van der Waals surface area (Å²) in [6.07, 6.45) is 5.55. The van der Waals surface area contributed by atoms with Crippen LogP contribution in [0.3, 0.4) is 0 Å². The molecule has 0 saturated carbocycles. The van der Waals surface area contributed by atoms with Crippen LogP contribution >= 0.6 is 0 Å². The molecule has 0 aliphatic rings. The van der Waals surface area contributed by atoms with Crippen LogP contribution in [0.5, 0.6) is 0 Å². The van der Waals surface area contributed by atoms with Gasteiger partial charge in [0, 0.05) is 45.5 Å². The van der Waals surface area contributed by atoms with E-state index in [1.54, 1.807) is 13.1 Å². The van der Waals surface area contributed by atoms with Gasteiger partial charge in [0.15, 0.2) is 11.7 Å². The number of unbranched alkanes of at least 4 members (excludes halogenated alkanes) is 1. The first-order chi connectivity index (χ1) is 12.2. The van der Waals surface area contributed by atoms with Gasteiger partial charge in [-0.15, -0.1) is 0 Å². The molecular formula is C18H32N4O3. The van der Waals surface area contributed by atoms with Crippen molar-refractivity contribution in [2.24, 2.45) is 4.99 Å². The molecule has 0 saturated heterocycles. The van der Waals surface area contributed by atoms with Gasteiger partial charge in [-0.05, 0) is 32.3 Å². The van der Waals surface area contributed by atoms with Gasteiger partial charge in [0.2, 0.25) is 0 Å². The Kier molecular flexibility index (Phi) is 11.2. The fraction of sp³-hybridized carbons (Fsp3) is 0.667. The van der Waals surface area contributed by atoms with Crippen molar-refractivity contribution < 1.29 is 13.9 Å². The highest BCUT2D eigenvalue weighted by atomic mass is 16.5. The summed E-state index contributed by atoms with van der Waals surface area (Å²) in [4.78, 5) is 16.0. The SMILES string of the molecule is CCCCOCCCNC(=NC)NCCCNC(=O)c1occc1C. The average Bonchev–Trinajstić information content (AvgIpc) is 3.04. The van der Waals surface area contributed by atoms with Crippen LogP contribution < -0.4 is 16.0 Å². The lowest BCUT2D eigenvalue weighted by atomic mass is 10.2. The van der Waals surface area contributed by atoms with E-state index in [9.17, 15) is 4.79 Å². The van der Waals surface area contributed by atoms with Crippen LogP contribution in [0.15, 0.2) is 21.7 Å². The number of amides is 1. The van der Waals surface area contributed by atoms with Crippen molar-refractivity contribution >= 4 is 11.9 Å². The number of guanidine groups is 1. The van der Waals surface area contributed by atoms with Crippen molar-refractivity contribution in [2.45, 2.75) is 39.5 Å². The number of ether oxygens (including phenoxy) is 1. The maximum absolute atomic E-state index is 11.9.